The molecule has 0 radical (unpaired) electrons. The van der Waals surface area contributed by atoms with Crippen LogP contribution in [0, 0.1) is 0 Å². The number of nitrogens with zero attached hydrogens (tertiary/aromatic N) is 4. The number of aromatic nitrogens is 1. The molecule has 1 aromatic carbocycles. The highest BCUT2D eigenvalue weighted by Crippen LogP contribution is 2.20. The molecule has 0 amide bonds. The van der Waals surface area contributed by atoms with E-state index in [1.54, 1.807) is 0 Å². The average molecular weight is 448 g/mol. The van der Waals surface area contributed by atoms with Crippen molar-refractivity contribution in [1.82, 2.24) is 20.5 Å². The van der Waals surface area contributed by atoms with Crippen molar-refractivity contribution in [2.75, 3.05) is 43.4 Å². The highest BCUT2D eigenvalue weighted by Gasteiger charge is 2.29. The lowest BCUT2D eigenvalue weighted by atomic mass is 10.1. The third kappa shape index (κ3) is 6.05. The van der Waals surface area contributed by atoms with Crippen molar-refractivity contribution in [3.05, 3.63) is 66.1 Å². The lowest BCUT2D eigenvalue weighted by Gasteiger charge is -2.40. The van der Waals surface area contributed by atoms with Crippen LogP contribution in [0.2, 0.25) is 0 Å². The molecule has 0 aliphatic carbocycles. The van der Waals surface area contributed by atoms with E-state index >= 15 is 0 Å². The van der Waals surface area contributed by atoms with Crippen LogP contribution in [0.4, 0.5) is 11.5 Å². The van der Waals surface area contributed by atoms with E-state index in [9.17, 15) is 0 Å². The maximum atomic E-state index is 4.97. The summed E-state index contributed by atoms with van der Waals surface area (Å²) in [5.41, 5.74) is 2.00. The number of guanidine groups is 1. The highest BCUT2D eigenvalue weighted by molar-refractivity contribution is 5.84. The van der Waals surface area contributed by atoms with Gasteiger partial charge in [-0.05, 0) is 62.7 Å². The van der Waals surface area contributed by atoms with E-state index in [1.165, 1.54) is 24.8 Å². The number of pyridine rings is 1. The lowest BCUT2D eigenvalue weighted by molar-refractivity contribution is 0.361. The third-order valence-electron chi connectivity index (χ3n) is 6.37. The number of nitrogens with one attached hydrogen (secondary N) is 3. The summed E-state index contributed by atoms with van der Waals surface area (Å²) >= 11 is 0. The van der Waals surface area contributed by atoms with Gasteiger partial charge in [0.2, 0.25) is 5.96 Å². The minimum Gasteiger partial charge on any atom is -0.353 e. The first-order chi connectivity index (χ1) is 16.1. The summed E-state index contributed by atoms with van der Waals surface area (Å²) in [5.74, 6) is 2.88. The molecule has 2 aliphatic rings. The number of hydrogen-bond acceptors (Lipinski definition) is 7. The Bertz CT molecular complexity index is 946. The van der Waals surface area contributed by atoms with Crippen molar-refractivity contribution in [3.63, 3.8) is 0 Å². The second-order valence-electron chi connectivity index (χ2n) is 8.96. The van der Waals surface area contributed by atoms with E-state index < -0.39 is 5.66 Å². The van der Waals surface area contributed by atoms with E-state index in [-0.39, 0.29) is 0 Å². The van der Waals surface area contributed by atoms with Gasteiger partial charge in [0.25, 0.3) is 0 Å². The van der Waals surface area contributed by atoms with Gasteiger partial charge in [0, 0.05) is 38.1 Å². The summed E-state index contributed by atoms with van der Waals surface area (Å²) in [7, 11) is 1.95. The SMILES string of the molecule is CCCCCc1ccc(NC2=CC(C)(NC)N=C(N3CCN(c4ccccn4)CC3)N2)cc1. The number of rotatable bonds is 8. The standard InChI is InChI=1S/C26H37N7/c1-4-5-6-9-21-11-13-22(14-12-21)29-23-20-26(2,27-3)31-25(30-23)33-18-16-32(17-19-33)24-10-7-8-15-28-24/h7-8,10-15,20,27,29H,4-6,9,16-19H2,1-3H3,(H,30,31). The fraction of sp³-hybridized carbons (Fsp3) is 0.462. The summed E-state index contributed by atoms with van der Waals surface area (Å²) in [6.45, 7) is 7.95. The molecule has 7 heteroatoms. The molecule has 0 saturated carbocycles. The fourth-order valence-electron chi connectivity index (χ4n) is 4.24. The van der Waals surface area contributed by atoms with Crippen LogP contribution in [-0.2, 0) is 6.42 Å². The molecule has 3 heterocycles. The van der Waals surface area contributed by atoms with Crippen LogP contribution in [0.15, 0.2) is 65.6 Å². The fourth-order valence-corrected chi connectivity index (χ4v) is 4.24. The number of benzene rings is 1. The van der Waals surface area contributed by atoms with Crippen LogP contribution in [-0.4, -0.2) is 54.7 Å². The van der Waals surface area contributed by atoms with Gasteiger partial charge in [-0.25, -0.2) is 9.98 Å². The van der Waals surface area contributed by atoms with Crippen molar-refractivity contribution in [1.29, 1.82) is 0 Å². The van der Waals surface area contributed by atoms with Crippen molar-refractivity contribution < 1.29 is 0 Å². The highest BCUT2D eigenvalue weighted by atomic mass is 15.4. The van der Waals surface area contributed by atoms with Gasteiger partial charge in [0.05, 0.1) is 0 Å². The molecule has 0 spiro atoms. The van der Waals surface area contributed by atoms with Gasteiger partial charge in [-0.15, -0.1) is 0 Å². The molecule has 1 saturated heterocycles. The molecule has 1 unspecified atom stereocenters. The molecule has 7 nitrogen and oxygen atoms in total. The molecule has 176 valence electrons. The molecular weight excluding hydrogens is 410 g/mol. The zero-order valence-corrected chi connectivity index (χ0v) is 20.1. The molecule has 1 atom stereocenters. The Kier molecular flexibility index (Phi) is 7.50. The Labute approximate surface area is 198 Å². The molecule has 0 bridgehead atoms. The minimum absolute atomic E-state index is 0.471. The van der Waals surface area contributed by atoms with Gasteiger partial charge in [-0.3, -0.25) is 5.32 Å². The van der Waals surface area contributed by atoms with Crippen molar-refractivity contribution >= 4 is 17.5 Å². The number of piperazine rings is 1. The van der Waals surface area contributed by atoms with Gasteiger partial charge >= 0.3 is 0 Å². The Morgan fingerprint density at radius 2 is 1.76 bits per heavy atom. The van der Waals surface area contributed by atoms with Crippen molar-refractivity contribution in [3.8, 4) is 0 Å². The predicted octanol–water partition coefficient (Wildman–Crippen LogP) is 3.78. The van der Waals surface area contributed by atoms with E-state index in [0.29, 0.717) is 0 Å². The summed E-state index contributed by atoms with van der Waals surface area (Å²) in [6.07, 6.45) is 8.91. The molecule has 2 aliphatic heterocycles. The smallest absolute Gasteiger partial charge is 0.201 e. The van der Waals surface area contributed by atoms with Crippen molar-refractivity contribution in [2.24, 2.45) is 4.99 Å². The predicted molar refractivity (Wildman–Crippen MR) is 137 cm³/mol. The van der Waals surface area contributed by atoms with Crippen LogP contribution in [0.1, 0.15) is 38.7 Å². The Hall–Kier alpha value is -3.06. The monoisotopic (exact) mass is 447 g/mol. The quantitative estimate of drug-likeness (QED) is 0.535. The number of hydrogen-bond donors (Lipinski definition) is 3. The van der Waals surface area contributed by atoms with Crippen LogP contribution in [0.3, 0.4) is 0 Å². The van der Waals surface area contributed by atoms with Gasteiger partial charge in [0.15, 0.2) is 0 Å². The largest absolute Gasteiger partial charge is 0.353 e. The minimum atomic E-state index is -0.471. The lowest BCUT2D eigenvalue weighted by Crippen LogP contribution is -2.56. The first kappa shape index (κ1) is 23.1. The van der Waals surface area contributed by atoms with Gasteiger partial charge in [0.1, 0.15) is 17.3 Å². The van der Waals surface area contributed by atoms with Gasteiger partial charge in [-0.1, -0.05) is 38.0 Å². The van der Waals surface area contributed by atoms with Crippen molar-refractivity contribution in [2.45, 2.75) is 45.2 Å². The number of unbranched alkanes of at least 4 members (excludes halogenated alkanes) is 2. The Morgan fingerprint density at radius 1 is 1.00 bits per heavy atom. The average Bonchev–Trinajstić information content (AvgIpc) is 2.86. The van der Waals surface area contributed by atoms with E-state index in [4.69, 9.17) is 4.99 Å². The Morgan fingerprint density at radius 3 is 2.42 bits per heavy atom. The zero-order chi connectivity index (χ0) is 23.1. The van der Waals surface area contributed by atoms with Gasteiger partial charge < -0.3 is 20.4 Å². The maximum Gasteiger partial charge on any atom is 0.201 e. The summed E-state index contributed by atoms with van der Waals surface area (Å²) in [6, 6.07) is 14.9. The van der Waals surface area contributed by atoms with E-state index in [1.807, 2.05) is 25.4 Å². The molecule has 1 aromatic heterocycles. The first-order valence-electron chi connectivity index (χ1n) is 12.1. The van der Waals surface area contributed by atoms with Crippen LogP contribution < -0.4 is 20.9 Å². The topological polar surface area (TPSA) is 67.8 Å². The molecular formula is C26H37N7. The maximum absolute atomic E-state index is 4.97. The summed E-state index contributed by atoms with van der Waals surface area (Å²) in [5, 5.41) is 10.4. The van der Waals surface area contributed by atoms with Gasteiger partial charge in [-0.2, -0.15) is 0 Å². The van der Waals surface area contributed by atoms with Crippen LogP contribution in [0.5, 0.6) is 0 Å². The second-order valence-corrected chi connectivity index (χ2v) is 8.96. The Balaban J connectivity index is 1.39. The second kappa shape index (κ2) is 10.7. The number of aliphatic imine (C=N–C) groups is 1. The summed E-state index contributed by atoms with van der Waals surface area (Å²) in [4.78, 5) is 14.1. The number of aryl methyl sites for hydroxylation is 1. The third-order valence-corrected chi connectivity index (χ3v) is 6.37. The zero-order valence-electron chi connectivity index (χ0n) is 20.1. The van der Waals surface area contributed by atoms with Crippen LogP contribution >= 0.6 is 0 Å². The number of likely N-dealkylation sites (N-methyl/N-ethyl adjacent to an activating group) is 1. The van der Waals surface area contributed by atoms with Crippen LogP contribution in [0.25, 0.3) is 0 Å². The summed E-state index contributed by atoms with van der Waals surface area (Å²) < 4.78 is 0. The molecule has 3 N–H and O–H groups in total. The van der Waals surface area contributed by atoms with E-state index in [0.717, 1.165) is 55.9 Å². The molecule has 33 heavy (non-hydrogen) atoms. The number of anilines is 2. The molecule has 4 rings (SSSR count). The molecule has 1 fully saturated rings. The first-order valence-corrected chi connectivity index (χ1v) is 12.1. The molecule has 2 aromatic rings. The van der Waals surface area contributed by atoms with E-state index in [2.05, 4.69) is 81.0 Å². The normalized spacial score (nSPS) is 20.7.